The molecule has 7 heteroatoms. The summed E-state index contributed by atoms with van der Waals surface area (Å²) in [7, 11) is 0. The molecule has 0 spiro atoms. The number of amides is 1. The predicted molar refractivity (Wildman–Crippen MR) is 80.3 cm³/mol. The molecule has 0 aliphatic carbocycles. The van der Waals surface area contributed by atoms with Crippen molar-refractivity contribution in [2.24, 2.45) is 10.9 Å². The number of ether oxygens (including phenoxy) is 1. The Morgan fingerprint density at radius 1 is 1.33 bits per heavy atom. The Morgan fingerprint density at radius 3 is 2.71 bits per heavy atom. The number of hydrogen-bond acceptors (Lipinski definition) is 5. The topological polar surface area (TPSA) is 96.9 Å². The van der Waals surface area contributed by atoms with Crippen molar-refractivity contribution in [1.29, 1.82) is 0 Å². The van der Waals surface area contributed by atoms with Crippen molar-refractivity contribution in [1.82, 2.24) is 5.32 Å². The summed E-state index contributed by atoms with van der Waals surface area (Å²) in [5, 5.41) is 16.1. The van der Waals surface area contributed by atoms with Crippen LogP contribution < -0.4 is 11.1 Å². The molecular weight excluding hydrogens is 290 g/mol. The Balaban J connectivity index is 1.78. The first-order chi connectivity index (χ1) is 10.2. The molecule has 0 saturated heterocycles. The van der Waals surface area contributed by atoms with Crippen molar-refractivity contribution in [3.8, 4) is 0 Å². The van der Waals surface area contributed by atoms with Crippen molar-refractivity contribution in [3.63, 3.8) is 0 Å². The molecule has 110 valence electrons. The van der Waals surface area contributed by atoms with Crippen LogP contribution in [0.15, 0.2) is 46.9 Å². The Morgan fingerprint density at radius 2 is 2.10 bits per heavy atom. The number of benzene rings is 1. The van der Waals surface area contributed by atoms with Gasteiger partial charge in [-0.05, 0) is 17.0 Å². The molecule has 0 fully saturated rings. The van der Waals surface area contributed by atoms with Crippen LogP contribution in [0.25, 0.3) is 0 Å². The van der Waals surface area contributed by atoms with Crippen molar-refractivity contribution in [3.05, 3.63) is 57.8 Å². The minimum absolute atomic E-state index is 0.0462. The second kappa shape index (κ2) is 7.30. The lowest BCUT2D eigenvalue weighted by Gasteiger charge is -2.07. The highest BCUT2D eigenvalue weighted by Crippen LogP contribution is 2.09. The second-order valence-corrected chi connectivity index (χ2v) is 5.22. The molecular formula is C14H15N3O3S. The van der Waals surface area contributed by atoms with Gasteiger partial charge in [0.25, 0.3) is 0 Å². The maximum absolute atomic E-state index is 11.5. The average molecular weight is 305 g/mol. The summed E-state index contributed by atoms with van der Waals surface area (Å²) in [5.41, 5.74) is 6.96. The van der Waals surface area contributed by atoms with Gasteiger partial charge in [-0.1, -0.05) is 35.5 Å². The zero-order valence-corrected chi connectivity index (χ0v) is 12.0. The van der Waals surface area contributed by atoms with Gasteiger partial charge in [0.2, 0.25) is 0 Å². The van der Waals surface area contributed by atoms with Crippen LogP contribution in [0, 0.1) is 0 Å². The lowest BCUT2D eigenvalue weighted by atomic mass is 10.1. The summed E-state index contributed by atoms with van der Waals surface area (Å²) in [6.45, 7) is 0.617. The number of thiophene rings is 1. The average Bonchev–Trinajstić information content (AvgIpc) is 3.04. The summed E-state index contributed by atoms with van der Waals surface area (Å²) in [6.07, 6.45) is -0.469. The largest absolute Gasteiger partial charge is 0.444 e. The highest BCUT2D eigenvalue weighted by Gasteiger charge is 2.04. The molecule has 0 aliphatic heterocycles. The first kappa shape index (κ1) is 14.9. The van der Waals surface area contributed by atoms with E-state index in [9.17, 15) is 4.79 Å². The van der Waals surface area contributed by atoms with Crippen molar-refractivity contribution < 1.29 is 14.7 Å². The minimum atomic E-state index is -0.469. The first-order valence-corrected chi connectivity index (χ1v) is 7.07. The summed E-state index contributed by atoms with van der Waals surface area (Å²) >= 11 is 1.54. The molecule has 0 radical (unpaired) electrons. The number of hydrogen-bond donors (Lipinski definition) is 3. The van der Waals surface area contributed by atoms with E-state index in [1.807, 2.05) is 17.5 Å². The molecule has 2 aromatic rings. The zero-order chi connectivity index (χ0) is 15.1. The van der Waals surface area contributed by atoms with E-state index in [-0.39, 0.29) is 12.4 Å². The fourth-order valence-electron chi connectivity index (χ4n) is 1.61. The monoisotopic (exact) mass is 305 g/mol. The van der Waals surface area contributed by atoms with E-state index >= 15 is 0 Å². The van der Waals surface area contributed by atoms with Crippen LogP contribution in [0.5, 0.6) is 0 Å². The fourth-order valence-corrected chi connectivity index (χ4v) is 2.22. The van der Waals surface area contributed by atoms with Gasteiger partial charge in [0.15, 0.2) is 5.84 Å². The van der Waals surface area contributed by atoms with E-state index in [2.05, 4.69) is 10.5 Å². The number of rotatable bonds is 5. The third-order valence-corrected chi connectivity index (χ3v) is 3.57. The van der Waals surface area contributed by atoms with E-state index in [1.54, 1.807) is 24.3 Å². The Labute approximate surface area is 125 Å². The van der Waals surface area contributed by atoms with E-state index in [0.29, 0.717) is 12.1 Å². The van der Waals surface area contributed by atoms with Gasteiger partial charge in [-0.2, -0.15) is 0 Å². The van der Waals surface area contributed by atoms with Gasteiger partial charge in [-0.15, -0.1) is 11.3 Å². The number of carbonyl (C=O) groups excluding carboxylic acids is 1. The number of carbonyl (C=O) groups is 1. The van der Waals surface area contributed by atoms with Gasteiger partial charge < -0.3 is 21.0 Å². The van der Waals surface area contributed by atoms with Crippen molar-refractivity contribution >= 4 is 23.3 Å². The fraction of sp³-hybridized carbons (Fsp3) is 0.143. The van der Waals surface area contributed by atoms with Gasteiger partial charge in [-0.3, -0.25) is 0 Å². The number of alkyl carbamates (subject to hydrolysis) is 1. The standard InChI is InChI=1S/C14H15N3O3S/c15-13(17-19)11-5-3-10(4-6-11)8-16-14(18)20-9-12-2-1-7-21-12/h1-7,19H,8-9H2,(H2,15,17)(H,16,18). The molecule has 1 aromatic heterocycles. The second-order valence-electron chi connectivity index (χ2n) is 4.19. The Kier molecular flexibility index (Phi) is 5.16. The van der Waals surface area contributed by atoms with E-state index in [1.165, 1.54) is 11.3 Å². The number of amidine groups is 1. The molecule has 1 amide bonds. The molecule has 21 heavy (non-hydrogen) atoms. The molecule has 1 aromatic carbocycles. The summed E-state index contributed by atoms with van der Waals surface area (Å²) < 4.78 is 5.08. The van der Waals surface area contributed by atoms with Gasteiger partial charge in [0.1, 0.15) is 6.61 Å². The molecule has 0 saturated carbocycles. The van der Waals surface area contributed by atoms with Gasteiger partial charge in [-0.25, -0.2) is 4.79 Å². The smallest absolute Gasteiger partial charge is 0.407 e. The van der Waals surface area contributed by atoms with E-state index < -0.39 is 6.09 Å². The SMILES string of the molecule is NC(=NO)c1ccc(CNC(=O)OCc2cccs2)cc1. The summed E-state index contributed by atoms with van der Waals surface area (Å²) in [6, 6.07) is 10.8. The van der Waals surface area contributed by atoms with Crippen LogP contribution in [0.4, 0.5) is 4.79 Å². The zero-order valence-electron chi connectivity index (χ0n) is 11.2. The maximum atomic E-state index is 11.5. The van der Waals surface area contributed by atoms with Crippen LogP contribution in [0.3, 0.4) is 0 Å². The predicted octanol–water partition coefficient (Wildman–Crippen LogP) is 2.27. The molecule has 0 unspecified atom stereocenters. The third kappa shape index (κ3) is 4.50. The molecule has 1 heterocycles. The quantitative estimate of drug-likeness (QED) is 0.341. The lowest BCUT2D eigenvalue weighted by molar-refractivity contribution is 0.140. The molecule has 4 N–H and O–H groups in total. The van der Waals surface area contributed by atoms with Crippen molar-refractivity contribution in [2.75, 3.05) is 0 Å². The molecule has 0 atom stereocenters. The number of nitrogens with zero attached hydrogens (tertiary/aromatic N) is 1. The van der Waals surface area contributed by atoms with Crippen LogP contribution >= 0.6 is 11.3 Å². The normalized spacial score (nSPS) is 11.1. The van der Waals surface area contributed by atoms with Gasteiger partial charge >= 0.3 is 6.09 Å². The number of oxime groups is 1. The van der Waals surface area contributed by atoms with Gasteiger partial charge in [0.05, 0.1) is 0 Å². The summed E-state index contributed by atoms with van der Waals surface area (Å²) in [4.78, 5) is 12.5. The molecule has 0 bridgehead atoms. The minimum Gasteiger partial charge on any atom is -0.444 e. The molecule has 0 aliphatic rings. The Hall–Kier alpha value is -2.54. The lowest BCUT2D eigenvalue weighted by Crippen LogP contribution is -2.23. The van der Waals surface area contributed by atoms with Crippen LogP contribution in [0.1, 0.15) is 16.0 Å². The Bertz CT molecular complexity index is 609. The number of nitrogens with two attached hydrogens (primary N) is 1. The molecule has 6 nitrogen and oxygen atoms in total. The van der Waals surface area contributed by atoms with Crippen molar-refractivity contribution in [2.45, 2.75) is 13.2 Å². The van der Waals surface area contributed by atoms with E-state index in [0.717, 1.165) is 10.4 Å². The highest BCUT2D eigenvalue weighted by atomic mass is 32.1. The van der Waals surface area contributed by atoms with Crippen LogP contribution in [-0.2, 0) is 17.9 Å². The number of nitrogens with one attached hydrogen (secondary N) is 1. The first-order valence-electron chi connectivity index (χ1n) is 6.19. The third-order valence-electron chi connectivity index (χ3n) is 2.72. The highest BCUT2D eigenvalue weighted by molar-refractivity contribution is 7.09. The van der Waals surface area contributed by atoms with E-state index in [4.69, 9.17) is 15.7 Å². The van der Waals surface area contributed by atoms with Gasteiger partial charge in [0, 0.05) is 17.0 Å². The maximum Gasteiger partial charge on any atom is 0.407 e. The van der Waals surface area contributed by atoms with Crippen LogP contribution in [-0.4, -0.2) is 17.1 Å². The molecule has 2 rings (SSSR count). The van der Waals surface area contributed by atoms with Crippen LogP contribution in [0.2, 0.25) is 0 Å². The summed E-state index contributed by atoms with van der Waals surface area (Å²) in [5.74, 6) is 0.0462.